The molecule has 1 N–H and O–H groups in total. The van der Waals surface area contributed by atoms with E-state index in [1.54, 1.807) is 24.3 Å². The van der Waals surface area contributed by atoms with Gasteiger partial charge in [-0.05, 0) is 5.56 Å². The molecular weight excluding hydrogens is 246 g/mol. The fourth-order valence-electron chi connectivity index (χ4n) is 1.74. The van der Waals surface area contributed by atoms with Crippen LogP contribution in [0.25, 0.3) is 11.3 Å². The Balaban J connectivity index is 2.71. The molecule has 0 spiro atoms. The van der Waals surface area contributed by atoms with Crippen molar-refractivity contribution < 1.29 is 14.3 Å². The first-order valence-corrected chi connectivity index (χ1v) is 5.53. The Morgan fingerprint density at radius 1 is 1.26 bits per heavy atom. The minimum Gasteiger partial charge on any atom is -0.464 e. The van der Waals surface area contributed by atoms with Crippen molar-refractivity contribution in [2.24, 2.45) is 0 Å². The third-order valence-corrected chi connectivity index (χ3v) is 2.66. The number of aldehydes is 1. The molecule has 0 bridgehead atoms. The SMILES string of the molecule is COC(=O)c1cc(=O)c(C=O)c(-c2ccccc2)[nH]1. The fourth-order valence-corrected chi connectivity index (χ4v) is 1.74. The lowest BCUT2D eigenvalue weighted by Gasteiger charge is -2.07. The number of ether oxygens (including phenoxy) is 1. The number of nitrogens with one attached hydrogen (secondary N) is 1. The number of esters is 1. The third-order valence-electron chi connectivity index (χ3n) is 2.66. The minimum atomic E-state index is -0.660. The van der Waals surface area contributed by atoms with Crippen molar-refractivity contribution in [2.45, 2.75) is 0 Å². The number of pyridine rings is 1. The highest BCUT2D eigenvalue weighted by atomic mass is 16.5. The summed E-state index contributed by atoms with van der Waals surface area (Å²) in [4.78, 5) is 37.1. The summed E-state index contributed by atoms with van der Waals surface area (Å²) in [6.07, 6.45) is 0.474. The maximum absolute atomic E-state index is 11.8. The zero-order valence-corrected chi connectivity index (χ0v) is 10.2. The lowest BCUT2D eigenvalue weighted by molar-refractivity contribution is 0.0593. The highest BCUT2D eigenvalue weighted by Crippen LogP contribution is 2.18. The molecule has 5 nitrogen and oxygen atoms in total. The van der Waals surface area contributed by atoms with Crippen LogP contribution in [0.2, 0.25) is 0 Å². The van der Waals surface area contributed by atoms with Crippen LogP contribution < -0.4 is 5.43 Å². The molecule has 0 aliphatic carbocycles. The molecule has 2 rings (SSSR count). The van der Waals surface area contributed by atoms with Crippen molar-refractivity contribution in [1.29, 1.82) is 0 Å². The molecule has 0 radical (unpaired) electrons. The molecule has 0 saturated heterocycles. The van der Waals surface area contributed by atoms with Crippen LogP contribution in [0.4, 0.5) is 0 Å². The second-order valence-corrected chi connectivity index (χ2v) is 3.81. The highest BCUT2D eigenvalue weighted by Gasteiger charge is 2.14. The van der Waals surface area contributed by atoms with Crippen LogP contribution in [-0.2, 0) is 4.74 Å². The number of hydrogen-bond acceptors (Lipinski definition) is 4. The molecule has 96 valence electrons. The number of carbonyl (C=O) groups excluding carboxylic acids is 2. The Labute approximate surface area is 108 Å². The van der Waals surface area contributed by atoms with Crippen LogP contribution in [0.15, 0.2) is 41.2 Å². The summed E-state index contributed by atoms with van der Waals surface area (Å²) in [6, 6.07) is 9.88. The summed E-state index contributed by atoms with van der Waals surface area (Å²) < 4.78 is 4.56. The summed E-state index contributed by atoms with van der Waals surface area (Å²) >= 11 is 0. The van der Waals surface area contributed by atoms with Crippen LogP contribution in [0, 0.1) is 0 Å². The van der Waals surface area contributed by atoms with E-state index in [2.05, 4.69) is 9.72 Å². The Bertz CT molecular complexity index is 674. The average Bonchev–Trinajstić information content (AvgIpc) is 2.46. The molecule has 2 aromatic rings. The van der Waals surface area contributed by atoms with Gasteiger partial charge in [0, 0.05) is 6.07 Å². The molecule has 1 heterocycles. The second-order valence-electron chi connectivity index (χ2n) is 3.81. The average molecular weight is 257 g/mol. The van der Waals surface area contributed by atoms with Gasteiger partial charge in [0.05, 0.1) is 18.4 Å². The van der Waals surface area contributed by atoms with Crippen LogP contribution in [0.5, 0.6) is 0 Å². The van der Waals surface area contributed by atoms with E-state index in [-0.39, 0.29) is 11.3 Å². The normalized spacial score (nSPS) is 9.95. The Kier molecular flexibility index (Phi) is 3.56. The van der Waals surface area contributed by atoms with Crippen molar-refractivity contribution in [3.63, 3.8) is 0 Å². The van der Waals surface area contributed by atoms with Gasteiger partial charge < -0.3 is 9.72 Å². The van der Waals surface area contributed by atoms with Gasteiger partial charge in [-0.3, -0.25) is 9.59 Å². The number of aromatic nitrogens is 1. The largest absolute Gasteiger partial charge is 0.464 e. The van der Waals surface area contributed by atoms with Gasteiger partial charge >= 0.3 is 5.97 Å². The Hall–Kier alpha value is -2.69. The van der Waals surface area contributed by atoms with E-state index in [4.69, 9.17) is 0 Å². The van der Waals surface area contributed by atoms with E-state index < -0.39 is 11.4 Å². The van der Waals surface area contributed by atoms with Crippen molar-refractivity contribution in [3.05, 3.63) is 57.9 Å². The van der Waals surface area contributed by atoms with E-state index in [9.17, 15) is 14.4 Å². The van der Waals surface area contributed by atoms with Gasteiger partial charge in [-0.15, -0.1) is 0 Å². The summed E-state index contributed by atoms with van der Waals surface area (Å²) in [5, 5.41) is 0. The molecule has 0 atom stereocenters. The second kappa shape index (κ2) is 5.30. The van der Waals surface area contributed by atoms with Gasteiger partial charge in [0.25, 0.3) is 0 Å². The third kappa shape index (κ3) is 2.44. The lowest BCUT2D eigenvalue weighted by atomic mass is 10.1. The first-order valence-electron chi connectivity index (χ1n) is 5.53. The van der Waals surface area contributed by atoms with Gasteiger partial charge in [-0.2, -0.15) is 0 Å². The van der Waals surface area contributed by atoms with Gasteiger partial charge in [-0.1, -0.05) is 30.3 Å². The topological polar surface area (TPSA) is 76.2 Å². The van der Waals surface area contributed by atoms with Crippen molar-refractivity contribution >= 4 is 12.3 Å². The molecule has 19 heavy (non-hydrogen) atoms. The first kappa shape index (κ1) is 12.8. The van der Waals surface area contributed by atoms with Gasteiger partial charge in [0.2, 0.25) is 0 Å². The summed E-state index contributed by atoms with van der Waals surface area (Å²) in [6.45, 7) is 0. The van der Waals surface area contributed by atoms with Crippen molar-refractivity contribution in [3.8, 4) is 11.3 Å². The number of rotatable bonds is 3. The molecule has 0 amide bonds. The maximum atomic E-state index is 11.8. The number of carbonyl (C=O) groups is 2. The molecule has 0 fully saturated rings. The summed E-state index contributed by atoms with van der Waals surface area (Å²) in [7, 11) is 1.22. The quantitative estimate of drug-likeness (QED) is 0.670. The summed E-state index contributed by atoms with van der Waals surface area (Å²) in [5.74, 6) is -0.660. The predicted octanol–water partition coefficient (Wildman–Crippen LogP) is 1.64. The minimum absolute atomic E-state index is 0.0111. The van der Waals surface area contributed by atoms with E-state index in [1.165, 1.54) is 7.11 Å². The maximum Gasteiger partial charge on any atom is 0.354 e. The van der Waals surface area contributed by atoms with E-state index >= 15 is 0 Å². The zero-order valence-electron chi connectivity index (χ0n) is 10.2. The zero-order chi connectivity index (χ0) is 13.8. The van der Waals surface area contributed by atoms with Crippen molar-refractivity contribution in [2.75, 3.05) is 7.11 Å². The molecule has 0 aliphatic heterocycles. The standard InChI is InChI=1S/C14H11NO4/c1-19-14(18)11-7-12(17)10(8-16)13(15-11)9-5-3-2-4-6-9/h2-8H,1H3,(H,15,17). The molecule has 0 aliphatic rings. The Morgan fingerprint density at radius 3 is 2.53 bits per heavy atom. The number of hydrogen-bond donors (Lipinski definition) is 1. The molecule has 0 unspecified atom stereocenters. The number of methoxy groups -OCH3 is 1. The molecule has 0 saturated carbocycles. The highest BCUT2D eigenvalue weighted by molar-refractivity contribution is 5.91. The number of H-pyrrole nitrogens is 1. The molecule has 1 aromatic heterocycles. The fraction of sp³-hybridized carbons (Fsp3) is 0.0714. The monoisotopic (exact) mass is 257 g/mol. The van der Waals surface area contributed by atoms with E-state index in [1.807, 2.05) is 6.07 Å². The van der Waals surface area contributed by atoms with Crippen LogP contribution in [0.3, 0.4) is 0 Å². The molecule has 5 heteroatoms. The van der Waals surface area contributed by atoms with Crippen LogP contribution in [-0.4, -0.2) is 24.3 Å². The van der Waals surface area contributed by atoms with Crippen molar-refractivity contribution in [1.82, 2.24) is 4.98 Å². The predicted molar refractivity (Wildman–Crippen MR) is 69.2 cm³/mol. The van der Waals surface area contributed by atoms with Crippen LogP contribution in [0.1, 0.15) is 20.8 Å². The summed E-state index contributed by atoms with van der Waals surface area (Å²) in [5.41, 5.74) is 0.430. The van der Waals surface area contributed by atoms with E-state index in [0.29, 0.717) is 17.5 Å². The van der Waals surface area contributed by atoms with Gasteiger partial charge in [-0.25, -0.2) is 4.79 Å². The smallest absolute Gasteiger partial charge is 0.354 e. The molecular formula is C14H11NO4. The number of aromatic amines is 1. The van der Waals surface area contributed by atoms with E-state index in [0.717, 1.165) is 6.07 Å². The number of benzene rings is 1. The van der Waals surface area contributed by atoms with Gasteiger partial charge in [0.1, 0.15) is 5.69 Å². The van der Waals surface area contributed by atoms with Crippen LogP contribution >= 0.6 is 0 Å². The molecule has 1 aromatic carbocycles. The first-order chi connectivity index (χ1) is 9.17. The lowest BCUT2D eigenvalue weighted by Crippen LogP contribution is -2.16. The Morgan fingerprint density at radius 2 is 1.95 bits per heavy atom. The van der Waals surface area contributed by atoms with Gasteiger partial charge in [0.15, 0.2) is 11.7 Å².